The van der Waals surface area contributed by atoms with Crippen molar-refractivity contribution in [2.75, 3.05) is 33.7 Å². The van der Waals surface area contributed by atoms with Gasteiger partial charge in [-0.05, 0) is 24.6 Å². The Morgan fingerprint density at radius 2 is 2.10 bits per heavy atom. The molecule has 0 aromatic heterocycles. The van der Waals surface area contributed by atoms with Gasteiger partial charge >= 0.3 is 0 Å². The molecule has 1 aromatic rings. The molecule has 1 heterocycles. The van der Waals surface area contributed by atoms with Gasteiger partial charge in [0.05, 0.1) is 0 Å². The minimum atomic E-state index is -0.471. The predicted octanol–water partition coefficient (Wildman–Crippen LogP) is 1.15. The molecular formula is C15H20ClN3O2. The van der Waals surface area contributed by atoms with Crippen molar-refractivity contribution >= 4 is 23.4 Å². The lowest BCUT2D eigenvalue weighted by atomic mass is 10.1. The Kier molecular flexibility index (Phi) is 4.85. The summed E-state index contributed by atoms with van der Waals surface area (Å²) in [5.41, 5.74) is 1.44. The fourth-order valence-corrected chi connectivity index (χ4v) is 2.54. The number of hydrogen-bond donors (Lipinski definition) is 1. The molecule has 0 saturated carbocycles. The monoisotopic (exact) mass is 309 g/mol. The molecule has 1 aliphatic rings. The highest BCUT2D eigenvalue weighted by Gasteiger charge is 2.33. The smallest absolute Gasteiger partial charge is 0.254 e. The summed E-state index contributed by atoms with van der Waals surface area (Å²) in [6.07, 6.45) is 0. The molecule has 0 radical (unpaired) electrons. The number of carbonyl (C=O) groups excluding carboxylic acids is 2. The third-order valence-corrected chi connectivity index (χ3v) is 4.06. The fourth-order valence-electron chi connectivity index (χ4n) is 2.36. The topological polar surface area (TPSA) is 52.7 Å². The summed E-state index contributed by atoms with van der Waals surface area (Å²) in [7, 11) is 3.39. The molecule has 114 valence electrons. The van der Waals surface area contributed by atoms with Gasteiger partial charge in [0.1, 0.15) is 6.04 Å². The van der Waals surface area contributed by atoms with Gasteiger partial charge < -0.3 is 15.1 Å². The molecular weight excluding hydrogens is 290 g/mol. The fraction of sp³-hybridized carbons (Fsp3) is 0.467. The van der Waals surface area contributed by atoms with E-state index in [1.165, 1.54) is 4.90 Å². The van der Waals surface area contributed by atoms with Gasteiger partial charge in [-0.15, -0.1) is 0 Å². The van der Waals surface area contributed by atoms with Crippen molar-refractivity contribution in [2.24, 2.45) is 0 Å². The maximum Gasteiger partial charge on any atom is 0.254 e. The summed E-state index contributed by atoms with van der Waals surface area (Å²) in [5.74, 6) is -0.229. The maximum atomic E-state index is 12.7. The zero-order valence-corrected chi connectivity index (χ0v) is 13.3. The Labute approximate surface area is 129 Å². The number of likely N-dealkylation sites (N-methyl/N-ethyl adjacent to an activating group) is 1. The second kappa shape index (κ2) is 6.45. The SMILES string of the molecule is Cc1ccc(C(=O)N2CCNCC2C(=O)N(C)C)cc1Cl. The molecule has 1 unspecified atom stereocenters. The quantitative estimate of drug-likeness (QED) is 0.891. The van der Waals surface area contributed by atoms with Crippen molar-refractivity contribution in [3.05, 3.63) is 34.3 Å². The highest BCUT2D eigenvalue weighted by Crippen LogP contribution is 2.19. The molecule has 1 N–H and O–H groups in total. The second-order valence-electron chi connectivity index (χ2n) is 5.42. The van der Waals surface area contributed by atoms with Crippen LogP contribution in [0.25, 0.3) is 0 Å². The Morgan fingerprint density at radius 1 is 1.38 bits per heavy atom. The third kappa shape index (κ3) is 3.36. The molecule has 5 nitrogen and oxygen atoms in total. The molecule has 0 bridgehead atoms. The molecule has 2 rings (SSSR count). The van der Waals surface area contributed by atoms with E-state index in [0.717, 1.165) is 5.56 Å². The molecule has 1 atom stereocenters. The summed E-state index contributed by atoms with van der Waals surface area (Å²) in [5, 5.41) is 3.72. The summed E-state index contributed by atoms with van der Waals surface area (Å²) >= 11 is 6.09. The number of hydrogen-bond acceptors (Lipinski definition) is 3. The van der Waals surface area contributed by atoms with Gasteiger partial charge in [-0.1, -0.05) is 17.7 Å². The normalized spacial score (nSPS) is 18.5. The van der Waals surface area contributed by atoms with Crippen LogP contribution in [0.5, 0.6) is 0 Å². The van der Waals surface area contributed by atoms with Gasteiger partial charge in [-0.3, -0.25) is 9.59 Å². The molecule has 21 heavy (non-hydrogen) atoms. The first kappa shape index (κ1) is 15.8. The summed E-state index contributed by atoms with van der Waals surface area (Å²) in [6, 6.07) is 4.77. The number of nitrogens with one attached hydrogen (secondary N) is 1. The van der Waals surface area contributed by atoms with Crippen LogP contribution < -0.4 is 5.32 Å². The van der Waals surface area contributed by atoms with Gasteiger partial charge in [-0.25, -0.2) is 0 Å². The van der Waals surface area contributed by atoms with E-state index in [9.17, 15) is 9.59 Å². The van der Waals surface area contributed by atoms with Gasteiger partial charge in [0.15, 0.2) is 0 Å². The van der Waals surface area contributed by atoms with E-state index in [-0.39, 0.29) is 11.8 Å². The lowest BCUT2D eigenvalue weighted by Crippen LogP contribution is -2.59. The standard InChI is InChI=1S/C15H20ClN3O2/c1-10-4-5-11(8-12(10)16)14(20)19-7-6-17-9-13(19)15(21)18(2)3/h4-5,8,13,17H,6-7,9H2,1-3H3. The number of halogens is 1. The Balaban J connectivity index is 2.26. The van der Waals surface area contributed by atoms with Crippen LogP contribution in [-0.2, 0) is 4.79 Å². The number of amides is 2. The molecule has 6 heteroatoms. The van der Waals surface area contributed by atoms with Gasteiger partial charge in [-0.2, -0.15) is 0 Å². The maximum absolute atomic E-state index is 12.7. The highest BCUT2D eigenvalue weighted by atomic mass is 35.5. The summed E-state index contributed by atoms with van der Waals surface area (Å²) in [4.78, 5) is 28.0. The summed E-state index contributed by atoms with van der Waals surface area (Å²) < 4.78 is 0. The Hall–Kier alpha value is -1.59. The van der Waals surface area contributed by atoms with Crippen LogP contribution >= 0.6 is 11.6 Å². The van der Waals surface area contributed by atoms with Crippen LogP contribution in [0.4, 0.5) is 0 Å². The van der Waals surface area contributed by atoms with Crippen molar-refractivity contribution in [1.82, 2.24) is 15.1 Å². The minimum absolute atomic E-state index is 0.0752. The Bertz CT molecular complexity index is 560. The number of aryl methyl sites for hydroxylation is 1. The summed E-state index contributed by atoms with van der Waals surface area (Å²) in [6.45, 7) is 3.55. The first-order valence-corrected chi connectivity index (χ1v) is 7.28. The molecule has 1 aliphatic heterocycles. The first-order valence-electron chi connectivity index (χ1n) is 6.91. The minimum Gasteiger partial charge on any atom is -0.347 e. The van der Waals surface area contributed by atoms with E-state index in [1.807, 2.05) is 13.0 Å². The van der Waals surface area contributed by atoms with Crippen molar-refractivity contribution in [1.29, 1.82) is 0 Å². The molecule has 0 aliphatic carbocycles. The van der Waals surface area contributed by atoms with E-state index in [4.69, 9.17) is 11.6 Å². The van der Waals surface area contributed by atoms with Crippen molar-refractivity contribution < 1.29 is 9.59 Å². The van der Waals surface area contributed by atoms with E-state index in [0.29, 0.717) is 30.2 Å². The number of benzene rings is 1. The molecule has 2 amide bonds. The van der Waals surface area contributed by atoms with Crippen molar-refractivity contribution in [3.8, 4) is 0 Å². The van der Waals surface area contributed by atoms with Crippen LogP contribution in [0.15, 0.2) is 18.2 Å². The van der Waals surface area contributed by atoms with Crippen LogP contribution in [0.3, 0.4) is 0 Å². The van der Waals surface area contributed by atoms with Crippen LogP contribution in [-0.4, -0.2) is 61.4 Å². The van der Waals surface area contributed by atoms with E-state index < -0.39 is 6.04 Å². The predicted molar refractivity (Wildman–Crippen MR) is 82.6 cm³/mol. The average molecular weight is 310 g/mol. The number of piperazine rings is 1. The number of carbonyl (C=O) groups is 2. The average Bonchev–Trinajstić information content (AvgIpc) is 2.48. The zero-order valence-electron chi connectivity index (χ0n) is 12.5. The van der Waals surface area contributed by atoms with Crippen LogP contribution in [0, 0.1) is 6.92 Å². The van der Waals surface area contributed by atoms with Gasteiger partial charge in [0, 0.05) is 44.3 Å². The lowest BCUT2D eigenvalue weighted by Gasteiger charge is -2.36. The van der Waals surface area contributed by atoms with E-state index >= 15 is 0 Å². The second-order valence-corrected chi connectivity index (χ2v) is 5.82. The molecule has 0 spiro atoms. The lowest BCUT2D eigenvalue weighted by molar-refractivity contribution is -0.134. The highest BCUT2D eigenvalue weighted by molar-refractivity contribution is 6.31. The molecule has 1 saturated heterocycles. The third-order valence-electron chi connectivity index (χ3n) is 3.65. The van der Waals surface area contributed by atoms with Crippen molar-refractivity contribution in [3.63, 3.8) is 0 Å². The van der Waals surface area contributed by atoms with Gasteiger partial charge in [0.2, 0.25) is 5.91 Å². The first-order chi connectivity index (χ1) is 9.91. The molecule has 1 fully saturated rings. The number of nitrogens with zero attached hydrogens (tertiary/aromatic N) is 2. The van der Waals surface area contributed by atoms with Crippen LogP contribution in [0.1, 0.15) is 15.9 Å². The largest absolute Gasteiger partial charge is 0.347 e. The van der Waals surface area contributed by atoms with Gasteiger partial charge in [0.25, 0.3) is 5.91 Å². The van der Waals surface area contributed by atoms with Crippen LogP contribution in [0.2, 0.25) is 5.02 Å². The van der Waals surface area contributed by atoms with E-state index in [2.05, 4.69) is 5.32 Å². The number of rotatable bonds is 2. The Morgan fingerprint density at radius 3 is 2.71 bits per heavy atom. The van der Waals surface area contributed by atoms with Crippen molar-refractivity contribution in [2.45, 2.75) is 13.0 Å². The van der Waals surface area contributed by atoms with E-state index in [1.54, 1.807) is 31.1 Å². The zero-order chi connectivity index (χ0) is 15.6. The molecule has 1 aromatic carbocycles.